The van der Waals surface area contributed by atoms with Gasteiger partial charge in [-0.2, -0.15) is 0 Å². The highest BCUT2D eigenvalue weighted by Crippen LogP contribution is 2.25. The van der Waals surface area contributed by atoms with Crippen molar-refractivity contribution in [1.82, 2.24) is 15.0 Å². The molecule has 0 bridgehead atoms. The van der Waals surface area contributed by atoms with Crippen molar-refractivity contribution >= 4 is 40.2 Å². The summed E-state index contributed by atoms with van der Waals surface area (Å²) in [6, 6.07) is 7.84. The van der Waals surface area contributed by atoms with Crippen LogP contribution in [0.15, 0.2) is 24.3 Å². The molecule has 5 nitrogen and oxygen atoms in total. The summed E-state index contributed by atoms with van der Waals surface area (Å²) in [4.78, 5) is 12.1. The molecule has 0 spiro atoms. The number of H-pyrrole nitrogens is 1. The van der Waals surface area contributed by atoms with Crippen LogP contribution in [0.5, 0.6) is 0 Å². The van der Waals surface area contributed by atoms with Gasteiger partial charge in [0.1, 0.15) is 29.3 Å². The lowest BCUT2D eigenvalue weighted by molar-refractivity contribution is 0.129. The Labute approximate surface area is 116 Å². The van der Waals surface area contributed by atoms with Crippen molar-refractivity contribution in [3.63, 3.8) is 0 Å². The molecule has 0 amide bonds. The fourth-order valence-electron chi connectivity index (χ4n) is 2.03. The van der Waals surface area contributed by atoms with E-state index < -0.39 is 0 Å². The minimum Gasteiger partial charge on any atom is -0.382 e. The molecule has 6 heteroatoms. The molecule has 2 heterocycles. The average molecular weight is 279 g/mol. The minimum absolute atomic E-state index is 0. The number of aromatic amines is 1. The second kappa shape index (κ2) is 5.42. The van der Waals surface area contributed by atoms with E-state index in [1.165, 1.54) is 0 Å². The highest BCUT2D eigenvalue weighted by atomic mass is 35.5. The second-order valence-corrected chi connectivity index (χ2v) is 4.06. The maximum Gasteiger partial charge on any atom is 0.150 e. The Kier molecular flexibility index (Phi) is 3.87. The van der Waals surface area contributed by atoms with Crippen LogP contribution in [0.2, 0.25) is 0 Å². The number of nitrogens with zero attached hydrogens (tertiary/aromatic N) is 2. The summed E-state index contributed by atoms with van der Waals surface area (Å²) in [5, 5.41) is 1.00. The van der Waals surface area contributed by atoms with Crippen LogP contribution in [0.25, 0.3) is 21.9 Å². The number of rotatable bonds is 3. The SMILES string of the molecule is CCOCc1nc2c([nH]1)c(N)nc1ccccc12.Cl. The lowest BCUT2D eigenvalue weighted by atomic mass is 10.2. The molecule has 2 aromatic heterocycles. The van der Waals surface area contributed by atoms with Crippen LogP contribution < -0.4 is 5.73 Å². The largest absolute Gasteiger partial charge is 0.382 e. The molecular weight excluding hydrogens is 264 g/mol. The lowest BCUT2D eigenvalue weighted by Gasteiger charge is -1.99. The molecule has 0 aliphatic rings. The average Bonchev–Trinajstić information content (AvgIpc) is 2.81. The van der Waals surface area contributed by atoms with Crippen molar-refractivity contribution in [3.8, 4) is 0 Å². The van der Waals surface area contributed by atoms with E-state index in [0.717, 1.165) is 27.8 Å². The molecule has 0 fully saturated rings. The van der Waals surface area contributed by atoms with Gasteiger partial charge in [-0.05, 0) is 13.0 Å². The molecule has 3 aromatic rings. The van der Waals surface area contributed by atoms with Gasteiger partial charge in [-0.25, -0.2) is 9.97 Å². The Hall–Kier alpha value is -1.85. The van der Waals surface area contributed by atoms with E-state index in [4.69, 9.17) is 10.5 Å². The minimum atomic E-state index is 0. The number of pyridine rings is 1. The molecule has 19 heavy (non-hydrogen) atoms. The highest BCUT2D eigenvalue weighted by Gasteiger charge is 2.10. The van der Waals surface area contributed by atoms with Crippen molar-refractivity contribution in [3.05, 3.63) is 30.1 Å². The van der Waals surface area contributed by atoms with Crippen LogP contribution in [0.4, 0.5) is 5.82 Å². The summed E-state index contributed by atoms with van der Waals surface area (Å²) in [7, 11) is 0. The number of halogens is 1. The number of fused-ring (bicyclic) bond motifs is 3. The van der Waals surface area contributed by atoms with Gasteiger partial charge in [0.05, 0.1) is 5.52 Å². The number of nitrogens with two attached hydrogens (primary N) is 1. The predicted octanol–water partition coefficient (Wildman–Crippen LogP) is 2.65. The summed E-state index contributed by atoms with van der Waals surface area (Å²) in [5.74, 6) is 1.25. The molecule has 0 radical (unpaired) electrons. The summed E-state index contributed by atoms with van der Waals surface area (Å²) in [6.07, 6.45) is 0. The lowest BCUT2D eigenvalue weighted by Crippen LogP contribution is -1.94. The van der Waals surface area contributed by atoms with Gasteiger partial charge < -0.3 is 15.5 Å². The first-order chi connectivity index (χ1) is 8.79. The zero-order chi connectivity index (χ0) is 12.5. The fraction of sp³-hybridized carbons (Fsp3) is 0.231. The van der Waals surface area contributed by atoms with Crippen molar-refractivity contribution in [2.45, 2.75) is 13.5 Å². The van der Waals surface area contributed by atoms with Crippen LogP contribution in [-0.4, -0.2) is 21.6 Å². The first-order valence-corrected chi connectivity index (χ1v) is 5.90. The number of nitrogens with one attached hydrogen (secondary N) is 1. The van der Waals surface area contributed by atoms with E-state index >= 15 is 0 Å². The molecule has 0 unspecified atom stereocenters. The molecule has 100 valence electrons. The standard InChI is InChI=1S/C13H14N4O.ClH/c1-2-18-7-10-16-11-8-5-3-4-6-9(8)15-13(14)12(11)17-10;/h3-6H,2,7H2,1H3,(H2,14,15)(H,16,17);1H. The number of nitrogen functional groups attached to an aromatic ring is 1. The van der Waals surface area contributed by atoms with E-state index in [9.17, 15) is 0 Å². The first-order valence-electron chi connectivity index (χ1n) is 5.90. The Morgan fingerprint density at radius 1 is 1.26 bits per heavy atom. The number of aromatic nitrogens is 3. The molecule has 0 saturated carbocycles. The second-order valence-electron chi connectivity index (χ2n) is 4.06. The van der Waals surface area contributed by atoms with Gasteiger partial charge in [0, 0.05) is 12.0 Å². The topological polar surface area (TPSA) is 76.8 Å². The summed E-state index contributed by atoms with van der Waals surface area (Å²) in [5.41, 5.74) is 8.43. The van der Waals surface area contributed by atoms with Gasteiger partial charge in [-0.1, -0.05) is 18.2 Å². The number of anilines is 1. The molecule has 3 N–H and O–H groups in total. The van der Waals surface area contributed by atoms with E-state index in [2.05, 4.69) is 15.0 Å². The summed E-state index contributed by atoms with van der Waals surface area (Å²) >= 11 is 0. The number of ether oxygens (including phenoxy) is 1. The van der Waals surface area contributed by atoms with Crippen molar-refractivity contribution in [2.24, 2.45) is 0 Å². The maximum atomic E-state index is 5.94. The van der Waals surface area contributed by atoms with Gasteiger partial charge in [-0.15, -0.1) is 12.4 Å². The number of benzene rings is 1. The molecule has 0 aliphatic carbocycles. The van der Waals surface area contributed by atoms with E-state index in [1.807, 2.05) is 31.2 Å². The zero-order valence-corrected chi connectivity index (χ0v) is 11.3. The van der Waals surface area contributed by atoms with E-state index in [-0.39, 0.29) is 12.4 Å². The number of para-hydroxylation sites is 1. The highest BCUT2D eigenvalue weighted by molar-refractivity contribution is 6.05. The van der Waals surface area contributed by atoms with Crippen LogP contribution in [0.1, 0.15) is 12.7 Å². The Morgan fingerprint density at radius 2 is 2.05 bits per heavy atom. The Balaban J connectivity index is 0.00000133. The number of imidazole rings is 1. The van der Waals surface area contributed by atoms with Crippen molar-refractivity contribution in [2.75, 3.05) is 12.3 Å². The van der Waals surface area contributed by atoms with Crippen molar-refractivity contribution < 1.29 is 4.74 Å². The Bertz CT molecular complexity index is 710. The van der Waals surface area contributed by atoms with E-state index in [0.29, 0.717) is 19.0 Å². The molecule has 0 saturated heterocycles. The third-order valence-electron chi connectivity index (χ3n) is 2.85. The fourth-order valence-corrected chi connectivity index (χ4v) is 2.03. The number of hydrogen-bond acceptors (Lipinski definition) is 4. The summed E-state index contributed by atoms with van der Waals surface area (Å²) in [6.45, 7) is 3.07. The van der Waals surface area contributed by atoms with Gasteiger partial charge in [0.15, 0.2) is 0 Å². The van der Waals surface area contributed by atoms with Crippen LogP contribution in [0, 0.1) is 0 Å². The summed E-state index contributed by atoms with van der Waals surface area (Å²) < 4.78 is 5.35. The van der Waals surface area contributed by atoms with Gasteiger partial charge in [0.25, 0.3) is 0 Å². The molecule has 0 aliphatic heterocycles. The van der Waals surface area contributed by atoms with Gasteiger partial charge in [0.2, 0.25) is 0 Å². The number of hydrogen-bond donors (Lipinski definition) is 2. The quantitative estimate of drug-likeness (QED) is 0.772. The smallest absolute Gasteiger partial charge is 0.150 e. The zero-order valence-electron chi connectivity index (χ0n) is 10.5. The van der Waals surface area contributed by atoms with Gasteiger partial charge in [-0.3, -0.25) is 0 Å². The van der Waals surface area contributed by atoms with Crippen LogP contribution in [-0.2, 0) is 11.3 Å². The molecule has 0 atom stereocenters. The molecule has 1 aromatic carbocycles. The predicted molar refractivity (Wildman–Crippen MR) is 78.4 cm³/mol. The first kappa shape index (κ1) is 13.6. The normalized spacial score (nSPS) is 10.8. The molecule has 3 rings (SSSR count). The molecular formula is C13H15ClN4O. The van der Waals surface area contributed by atoms with Gasteiger partial charge >= 0.3 is 0 Å². The maximum absolute atomic E-state index is 5.94. The van der Waals surface area contributed by atoms with Crippen LogP contribution >= 0.6 is 12.4 Å². The third-order valence-corrected chi connectivity index (χ3v) is 2.85. The Morgan fingerprint density at radius 3 is 2.84 bits per heavy atom. The van der Waals surface area contributed by atoms with Crippen molar-refractivity contribution in [1.29, 1.82) is 0 Å². The van der Waals surface area contributed by atoms with E-state index in [1.54, 1.807) is 0 Å². The monoisotopic (exact) mass is 278 g/mol. The third kappa shape index (κ3) is 2.34. The van der Waals surface area contributed by atoms with Crippen LogP contribution in [0.3, 0.4) is 0 Å².